The van der Waals surface area contributed by atoms with E-state index in [4.69, 9.17) is 5.73 Å². The number of aryl methyl sites for hydroxylation is 2. The van der Waals surface area contributed by atoms with Crippen molar-refractivity contribution in [3.63, 3.8) is 0 Å². The molecule has 1 aromatic carbocycles. The van der Waals surface area contributed by atoms with Crippen molar-refractivity contribution in [2.24, 2.45) is 0 Å². The van der Waals surface area contributed by atoms with Crippen LogP contribution >= 0.6 is 0 Å². The number of anilines is 2. The fourth-order valence-electron chi connectivity index (χ4n) is 2.87. The van der Waals surface area contributed by atoms with Gasteiger partial charge in [0.1, 0.15) is 22.7 Å². The topological polar surface area (TPSA) is 107 Å². The van der Waals surface area contributed by atoms with E-state index in [-0.39, 0.29) is 11.4 Å². The Morgan fingerprint density at radius 3 is 2.55 bits per heavy atom. The fraction of sp³-hybridized carbons (Fsp3) is 0.160. The summed E-state index contributed by atoms with van der Waals surface area (Å²) in [5, 5.41) is 2.63. The van der Waals surface area contributed by atoms with E-state index in [1.165, 1.54) is 30.6 Å². The Hall–Kier alpha value is -4.38. The average Bonchev–Trinajstić information content (AvgIpc) is 2.81. The van der Waals surface area contributed by atoms with Crippen LogP contribution in [-0.4, -0.2) is 25.8 Å². The Balaban J connectivity index is 0.00000149. The van der Waals surface area contributed by atoms with Gasteiger partial charge in [0.25, 0.3) is 5.91 Å². The minimum atomic E-state index is -0.439. The number of aromatic nitrogens is 4. The third-order valence-electron chi connectivity index (χ3n) is 4.57. The Labute approximate surface area is 191 Å². The Bertz CT molecular complexity index is 1390. The molecule has 0 atom stereocenters. The van der Waals surface area contributed by atoms with Gasteiger partial charge in [-0.2, -0.15) is 0 Å². The van der Waals surface area contributed by atoms with Crippen molar-refractivity contribution >= 4 is 28.4 Å². The number of rotatable bonds is 2. The molecule has 1 amide bonds. The minimum Gasteiger partial charge on any atom is -0.383 e. The number of halogens is 1. The number of benzene rings is 1. The number of hydrogen-bond acceptors (Lipinski definition) is 6. The van der Waals surface area contributed by atoms with Crippen molar-refractivity contribution in [1.82, 2.24) is 19.9 Å². The molecule has 0 bridgehead atoms. The van der Waals surface area contributed by atoms with Crippen LogP contribution in [0.5, 0.6) is 0 Å². The average molecular weight is 442 g/mol. The molecule has 3 N–H and O–H groups in total. The van der Waals surface area contributed by atoms with Gasteiger partial charge >= 0.3 is 0 Å². The van der Waals surface area contributed by atoms with Gasteiger partial charge in [-0.1, -0.05) is 31.8 Å². The number of carbonyl (C=O) groups is 1. The smallest absolute Gasteiger partial charge is 0.257 e. The molecule has 3 aromatic heterocycles. The summed E-state index contributed by atoms with van der Waals surface area (Å²) in [5.41, 5.74) is 10.4. The predicted octanol–water partition coefficient (Wildman–Crippen LogP) is 4.44. The highest BCUT2D eigenvalue weighted by Gasteiger charge is 2.10. The van der Waals surface area contributed by atoms with E-state index < -0.39 is 11.7 Å². The molecule has 0 spiro atoms. The summed E-state index contributed by atoms with van der Waals surface area (Å²) < 4.78 is 13.3. The van der Waals surface area contributed by atoms with E-state index >= 15 is 0 Å². The lowest BCUT2D eigenvalue weighted by Gasteiger charge is -2.06. The third kappa shape index (κ3) is 5.46. The molecule has 7 nitrogen and oxygen atoms in total. The SMILES string of the molecule is CC.Cc1nc2cnc(N)c(C#Cc3cncc(C(=O)Nc4cccc(F)c4)c3)c2nc1C. The van der Waals surface area contributed by atoms with Crippen molar-refractivity contribution in [2.75, 3.05) is 11.1 Å². The van der Waals surface area contributed by atoms with Gasteiger partial charge in [-0.15, -0.1) is 0 Å². The van der Waals surface area contributed by atoms with Crippen LogP contribution in [0.3, 0.4) is 0 Å². The number of hydrogen-bond donors (Lipinski definition) is 2. The van der Waals surface area contributed by atoms with Gasteiger partial charge in [-0.3, -0.25) is 9.78 Å². The molecule has 0 radical (unpaired) electrons. The first-order chi connectivity index (χ1) is 15.9. The second kappa shape index (κ2) is 10.3. The molecule has 3 heterocycles. The molecule has 4 rings (SSSR count). The van der Waals surface area contributed by atoms with E-state index in [0.717, 1.165) is 11.4 Å². The summed E-state index contributed by atoms with van der Waals surface area (Å²) >= 11 is 0. The summed E-state index contributed by atoms with van der Waals surface area (Å²) in [6.07, 6.45) is 4.50. The molecular weight excluding hydrogens is 419 g/mol. The standard InChI is InChI=1S/C23H17FN6O.C2H6/c1-13-14(2)29-21-19(22(25)27-12-20(21)28-13)7-6-15-8-16(11-26-10-15)23(31)30-18-5-3-4-17(24)9-18;1-2/h3-5,8-12H,1-2H3,(H2,25,27)(H,30,31);1-2H3. The molecule has 8 heteroatoms. The monoisotopic (exact) mass is 442 g/mol. The van der Waals surface area contributed by atoms with Crippen molar-refractivity contribution in [3.05, 3.63) is 82.8 Å². The maximum absolute atomic E-state index is 13.3. The number of fused-ring (bicyclic) bond motifs is 1. The second-order valence-corrected chi connectivity index (χ2v) is 6.82. The van der Waals surface area contributed by atoms with Crippen LogP contribution in [0.15, 0.2) is 48.9 Å². The first-order valence-electron chi connectivity index (χ1n) is 10.3. The first kappa shape index (κ1) is 23.3. The first-order valence-corrected chi connectivity index (χ1v) is 10.3. The zero-order valence-corrected chi connectivity index (χ0v) is 18.8. The van der Waals surface area contributed by atoms with Gasteiger partial charge in [-0.25, -0.2) is 19.3 Å². The molecular formula is C25H23FN6O. The van der Waals surface area contributed by atoms with Crippen molar-refractivity contribution < 1.29 is 9.18 Å². The molecule has 0 saturated carbocycles. The van der Waals surface area contributed by atoms with Gasteiger partial charge in [0.05, 0.1) is 28.7 Å². The molecule has 0 unspecified atom stereocenters. The highest BCUT2D eigenvalue weighted by Crippen LogP contribution is 2.20. The summed E-state index contributed by atoms with van der Waals surface area (Å²) in [5.74, 6) is 5.31. The zero-order chi connectivity index (χ0) is 24.0. The number of nitrogens with zero attached hydrogens (tertiary/aromatic N) is 4. The van der Waals surface area contributed by atoms with Crippen molar-refractivity contribution in [3.8, 4) is 11.8 Å². The summed E-state index contributed by atoms with van der Waals surface area (Å²) in [4.78, 5) is 29.7. The summed E-state index contributed by atoms with van der Waals surface area (Å²) in [6.45, 7) is 7.73. The van der Waals surface area contributed by atoms with Gasteiger partial charge < -0.3 is 11.1 Å². The van der Waals surface area contributed by atoms with E-state index in [2.05, 4.69) is 37.1 Å². The summed E-state index contributed by atoms with van der Waals surface area (Å²) in [7, 11) is 0. The number of amides is 1. The van der Waals surface area contributed by atoms with E-state index in [9.17, 15) is 9.18 Å². The lowest BCUT2D eigenvalue weighted by atomic mass is 10.1. The lowest BCUT2D eigenvalue weighted by Crippen LogP contribution is -2.12. The Kier molecular flexibility index (Phi) is 7.26. The predicted molar refractivity (Wildman–Crippen MR) is 127 cm³/mol. The fourth-order valence-corrected chi connectivity index (χ4v) is 2.87. The van der Waals surface area contributed by atoms with Gasteiger partial charge in [0, 0.05) is 23.6 Å². The molecule has 4 aromatic rings. The van der Waals surface area contributed by atoms with Gasteiger partial charge in [0.2, 0.25) is 0 Å². The van der Waals surface area contributed by atoms with Crippen LogP contribution in [0, 0.1) is 31.5 Å². The Morgan fingerprint density at radius 1 is 1.03 bits per heavy atom. The summed E-state index contributed by atoms with van der Waals surface area (Å²) in [6, 6.07) is 7.23. The highest BCUT2D eigenvalue weighted by molar-refractivity contribution is 6.04. The van der Waals surface area contributed by atoms with Crippen molar-refractivity contribution in [1.29, 1.82) is 0 Å². The van der Waals surface area contributed by atoms with Gasteiger partial charge in [0.15, 0.2) is 0 Å². The molecule has 0 aliphatic rings. The number of nitrogens with one attached hydrogen (secondary N) is 1. The maximum Gasteiger partial charge on any atom is 0.257 e. The van der Waals surface area contributed by atoms with Crippen LogP contribution in [0.25, 0.3) is 11.0 Å². The molecule has 0 aliphatic carbocycles. The minimum absolute atomic E-state index is 0.241. The largest absolute Gasteiger partial charge is 0.383 e. The molecule has 0 aliphatic heterocycles. The zero-order valence-electron chi connectivity index (χ0n) is 18.8. The molecule has 33 heavy (non-hydrogen) atoms. The highest BCUT2D eigenvalue weighted by atomic mass is 19.1. The van der Waals surface area contributed by atoms with E-state index in [1.807, 2.05) is 27.7 Å². The third-order valence-corrected chi connectivity index (χ3v) is 4.57. The number of carbonyl (C=O) groups excluding carboxylic acids is 1. The van der Waals surface area contributed by atoms with Crippen LogP contribution in [0.4, 0.5) is 15.9 Å². The van der Waals surface area contributed by atoms with Crippen LogP contribution in [0.2, 0.25) is 0 Å². The van der Waals surface area contributed by atoms with E-state index in [0.29, 0.717) is 27.8 Å². The second-order valence-electron chi connectivity index (χ2n) is 6.82. The molecule has 166 valence electrons. The van der Waals surface area contributed by atoms with Crippen molar-refractivity contribution in [2.45, 2.75) is 27.7 Å². The van der Waals surface area contributed by atoms with Gasteiger partial charge in [-0.05, 0) is 38.1 Å². The van der Waals surface area contributed by atoms with Crippen LogP contribution < -0.4 is 11.1 Å². The maximum atomic E-state index is 13.3. The van der Waals surface area contributed by atoms with Crippen LogP contribution in [-0.2, 0) is 0 Å². The number of nitrogens with two attached hydrogens (primary N) is 1. The Morgan fingerprint density at radius 2 is 1.79 bits per heavy atom. The molecule has 0 fully saturated rings. The normalized spacial score (nSPS) is 9.97. The number of pyridine rings is 2. The van der Waals surface area contributed by atoms with E-state index in [1.54, 1.807) is 18.3 Å². The number of nitrogen functional groups attached to an aromatic ring is 1. The quantitative estimate of drug-likeness (QED) is 0.445. The molecule has 0 saturated heterocycles. The van der Waals surface area contributed by atoms with Crippen LogP contribution in [0.1, 0.15) is 46.7 Å². The lowest BCUT2D eigenvalue weighted by molar-refractivity contribution is 0.102.